The maximum atomic E-state index is 9.01. The second-order valence-electron chi connectivity index (χ2n) is 5.67. The number of methoxy groups -OCH3 is 2. The van der Waals surface area contributed by atoms with Gasteiger partial charge in [0.1, 0.15) is 11.5 Å². The third-order valence-corrected chi connectivity index (χ3v) is 4.03. The Bertz CT molecular complexity index is 644. The molecule has 0 heterocycles. The van der Waals surface area contributed by atoms with Gasteiger partial charge in [0.25, 0.3) is 0 Å². The molecule has 0 aromatic heterocycles. The highest BCUT2D eigenvalue weighted by Crippen LogP contribution is 2.31. The largest absolute Gasteiger partial charge is 0.497 e. The highest BCUT2D eigenvalue weighted by molar-refractivity contribution is 5.56. The van der Waals surface area contributed by atoms with Crippen LogP contribution in [0.4, 0.5) is 11.4 Å². The van der Waals surface area contributed by atoms with Gasteiger partial charge in [-0.25, -0.2) is 0 Å². The van der Waals surface area contributed by atoms with Gasteiger partial charge in [-0.05, 0) is 43.3 Å². The van der Waals surface area contributed by atoms with Gasteiger partial charge in [-0.3, -0.25) is 0 Å². The number of hydrogen-bond donors (Lipinski definition) is 2. The number of likely N-dealkylation sites (N-methyl/N-ethyl adjacent to an activating group) is 1. The molecule has 0 radical (unpaired) electrons. The van der Waals surface area contributed by atoms with Crippen LogP contribution >= 0.6 is 0 Å². The minimum atomic E-state index is 0.0897. The van der Waals surface area contributed by atoms with Crippen LogP contribution in [0.5, 0.6) is 11.5 Å². The zero-order valence-corrected chi connectivity index (χ0v) is 14.7. The number of ether oxygens (including phenoxy) is 2. The van der Waals surface area contributed by atoms with Crippen molar-refractivity contribution in [1.29, 1.82) is 0 Å². The second-order valence-corrected chi connectivity index (χ2v) is 5.67. The first-order valence-corrected chi connectivity index (χ1v) is 7.99. The van der Waals surface area contributed by atoms with Gasteiger partial charge in [0.2, 0.25) is 0 Å². The summed E-state index contributed by atoms with van der Waals surface area (Å²) in [6.07, 6.45) is 0. The third kappa shape index (κ3) is 4.32. The Labute approximate surface area is 143 Å². The van der Waals surface area contributed by atoms with E-state index >= 15 is 0 Å². The van der Waals surface area contributed by atoms with E-state index in [1.165, 1.54) is 0 Å². The average molecular weight is 330 g/mol. The number of nitrogens with zero attached hydrogens (tertiary/aromatic N) is 1. The van der Waals surface area contributed by atoms with Gasteiger partial charge in [0.05, 0.1) is 26.9 Å². The number of aliphatic hydroxyl groups is 1. The number of hydrogen-bond acceptors (Lipinski definition) is 5. The SMILES string of the molecule is COc1ccc(C(C)Nc2ccc(N(C)CCO)cc2)c(OC)c1. The number of rotatable bonds is 8. The van der Waals surface area contributed by atoms with Crippen molar-refractivity contribution in [2.45, 2.75) is 13.0 Å². The van der Waals surface area contributed by atoms with Gasteiger partial charge in [-0.15, -0.1) is 0 Å². The molecule has 5 heteroatoms. The summed E-state index contributed by atoms with van der Waals surface area (Å²) in [5.41, 5.74) is 3.17. The van der Waals surface area contributed by atoms with E-state index in [-0.39, 0.29) is 12.6 Å². The number of nitrogens with one attached hydrogen (secondary N) is 1. The molecule has 0 aliphatic carbocycles. The molecule has 0 spiro atoms. The zero-order chi connectivity index (χ0) is 17.5. The van der Waals surface area contributed by atoms with Crippen LogP contribution in [0.25, 0.3) is 0 Å². The van der Waals surface area contributed by atoms with Crippen LogP contribution in [-0.4, -0.2) is 39.5 Å². The highest BCUT2D eigenvalue weighted by atomic mass is 16.5. The van der Waals surface area contributed by atoms with E-state index in [9.17, 15) is 0 Å². The van der Waals surface area contributed by atoms with Gasteiger partial charge in [-0.1, -0.05) is 0 Å². The maximum absolute atomic E-state index is 9.01. The Morgan fingerprint density at radius 2 is 1.79 bits per heavy atom. The summed E-state index contributed by atoms with van der Waals surface area (Å²) in [7, 11) is 5.27. The fraction of sp³-hybridized carbons (Fsp3) is 0.368. The fourth-order valence-electron chi connectivity index (χ4n) is 2.60. The molecule has 0 aliphatic rings. The van der Waals surface area contributed by atoms with Crippen LogP contribution < -0.4 is 19.7 Å². The summed E-state index contributed by atoms with van der Waals surface area (Å²) in [6, 6.07) is 14.1. The summed E-state index contributed by atoms with van der Waals surface area (Å²) in [4.78, 5) is 2.01. The monoisotopic (exact) mass is 330 g/mol. The fourth-order valence-corrected chi connectivity index (χ4v) is 2.60. The number of anilines is 2. The first-order valence-electron chi connectivity index (χ1n) is 7.99. The molecule has 2 rings (SSSR count). The molecular weight excluding hydrogens is 304 g/mol. The Morgan fingerprint density at radius 1 is 1.08 bits per heavy atom. The Kier molecular flexibility index (Phi) is 6.32. The smallest absolute Gasteiger partial charge is 0.127 e. The molecule has 130 valence electrons. The van der Waals surface area contributed by atoms with E-state index in [1.807, 2.05) is 54.4 Å². The second kappa shape index (κ2) is 8.45. The molecule has 0 bridgehead atoms. The Balaban J connectivity index is 2.10. The lowest BCUT2D eigenvalue weighted by molar-refractivity contribution is 0.304. The molecule has 2 N–H and O–H groups in total. The predicted molar refractivity (Wildman–Crippen MR) is 98.4 cm³/mol. The van der Waals surface area contributed by atoms with Crippen molar-refractivity contribution < 1.29 is 14.6 Å². The zero-order valence-electron chi connectivity index (χ0n) is 14.7. The van der Waals surface area contributed by atoms with Crippen molar-refractivity contribution in [3.05, 3.63) is 48.0 Å². The van der Waals surface area contributed by atoms with Gasteiger partial charge in [-0.2, -0.15) is 0 Å². The topological polar surface area (TPSA) is 54.0 Å². The van der Waals surface area contributed by atoms with Gasteiger partial charge in [0.15, 0.2) is 0 Å². The predicted octanol–water partition coefficient (Wildman–Crippen LogP) is 3.31. The first kappa shape index (κ1) is 17.9. The number of benzene rings is 2. The van der Waals surface area contributed by atoms with Gasteiger partial charge >= 0.3 is 0 Å². The molecule has 2 aromatic rings. The molecule has 0 fully saturated rings. The van der Waals surface area contributed by atoms with Crippen LogP contribution in [0.2, 0.25) is 0 Å². The first-order chi connectivity index (χ1) is 11.6. The lowest BCUT2D eigenvalue weighted by atomic mass is 10.1. The molecule has 2 aromatic carbocycles. The third-order valence-electron chi connectivity index (χ3n) is 4.03. The van der Waals surface area contributed by atoms with Crippen molar-refractivity contribution >= 4 is 11.4 Å². The van der Waals surface area contributed by atoms with E-state index in [1.54, 1.807) is 14.2 Å². The lowest BCUT2D eigenvalue weighted by Gasteiger charge is -2.21. The van der Waals surface area contributed by atoms with E-state index in [0.29, 0.717) is 6.54 Å². The summed E-state index contributed by atoms with van der Waals surface area (Å²) in [5, 5.41) is 12.5. The summed E-state index contributed by atoms with van der Waals surface area (Å²) >= 11 is 0. The van der Waals surface area contributed by atoms with Crippen LogP contribution in [0, 0.1) is 0 Å². The molecule has 5 nitrogen and oxygen atoms in total. The lowest BCUT2D eigenvalue weighted by Crippen LogP contribution is -2.20. The van der Waals surface area contributed by atoms with Crippen LogP contribution in [-0.2, 0) is 0 Å². The van der Waals surface area contributed by atoms with E-state index in [2.05, 4.69) is 12.2 Å². The molecule has 0 amide bonds. The summed E-state index contributed by atoms with van der Waals surface area (Å²) in [6.45, 7) is 2.85. The molecule has 0 saturated carbocycles. The highest BCUT2D eigenvalue weighted by Gasteiger charge is 2.12. The molecule has 1 unspecified atom stereocenters. The molecule has 0 aliphatic heterocycles. The average Bonchev–Trinajstić information content (AvgIpc) is 2.61. The maximum Gasteiger partial charge on any atom is 0.127 e. The van der Waals surface area contributed by atoms with Gasteiger partial charge in [0, 0.05) is 36.6 Å². The van der Waals surface area contributed by atoms with Crippen molar-refractivity contribution in [2.24, 2.45) is 0 Å². The van der Waals surface area contributed by atoms with Crippen molar-refractivity contribution in [3.8, 4) is 11.5 Å². The van der Waals surface area contributed by atoms with Crippen molar-refractivity contribution in [1.82, 2.24) is 0 Å². The normalized spacial score (nSPS) is 11.7. The minimum Gasteiger partial charge on any atom is -0.497 e. The van der Waals surface area contributed by atoms with Crippen molar-refractivity contribution in [3.63, 3.8) is 0 Å². The summed E-state index contributed by atoms with van der Waals surface area (Å²) < 4.78 is 10.7. The quantitative estimate of drug-likeness (QED) is 0.778. The van der Waals surface area contributed by atoms with Crippen molar-refractivity contribution in [2.75, 3.05) is 44.6 Å². The number of aliphatic hydroxyl groups excluding tert-OH is 1. The van der Waals surface area contributed by atoms with Crippen LogP contribution in [0.15, 0.2) is 42.5 Å². The Hall–Kier alpha value is -2.40. The van der Waals surface area contributed by atoms with E-state index < -0.39 is 0 Å². The van der Waals surface area contributed by atoms with Gasteiger partial charge < -0.3 is 24.8 Å². The van der Waals surface area contributed by atoms with Crippen LogP contribution in [0.3, 0.4) is 0 Å². The van der Waals surface area contributed by atoms with E-state index in [0.717, 1.165) is 28.4 Å². The standard InChI is InChI=1S/C19H26N2O3/c1-14(18-10-9-17(23-3)13-19(18)24-4)20-15-5-7-16(8-6-15)21(2)11-12-22/h5-10,13-14,20,22H,11-12H2,1-4H3. The summed E-state index contributed by atoms with van der Waals surface area (Å²) in [5.74, 6) is 1.58. The Morgan fingerprint density at radius 3 is 2.38 bits per heavy atom. The minimum absolute atomic E-state index is 0.0897. The van der Waals surface area contributed by atoms with E-state index in [4.69, 9.17) is 14.6 Å². The molecule has 1 atom stereocenters. The molecular formula is C19H26N2O3. The molecule has 24 heavy (non-hydrogen) atoms. The van der Waals surface area contributed by atoms with Crippen LogP contribution in [0.1, 0.15) is 18.5 Å². The molecule has 0 saturated heterocycles.